The molecule has 3 aromatic heterocycles. The molecule has 1 N–H and O–H groups in total. The highest BCUT2D eigenvalue weighted by molar-refractivity contribution is 5.60. The van der Waals surface area contributed by atoms with Gasteiger partial charge in [0, 0.05) is 68.1 Å². The van der Waals surface area contributed by atoms with E-state index >= 15 is 0 Å². The number of nitrogens with one attached hydrogen (secondary N) is 1. The molecule has 5 rings (SSSR count). The zero-order valence-electron chi connectivity index (χ0n) is 17.4. The Morgan fingerprint density at radius 2 is 1.90 bits per heavy atom. The van der Waals surface area contributed by atoms with Crippen molar-refractivity contribution < 1.29 is 0 Å². The van der Waals surface area contributed by atoms with Crippen LogP contribution in [0.25, 0.3) is 11.4 Å². The Balaban J connectivity index is 1.31. The normalized spacial score (nSPS) is 16.5. The lowest BCUT2D eigenvalue weighted by molar-refractivity contribution is 0.312. The first kappa shape index (κ1) is 18.9. The number of hydrogen-bond acceptors (Lipinski definition) is 7. The Labute approximate surface area is 177 Å². The van der Waals surface area contributed by atoms with Crippen molar-refractivity contribution in [3.63, 3.8) is 0 Å². The van der Waals surface area contributed by atoms with Crippen LogP contribution in [0.2, 0.25) is 0 Å². The van der Waals surface area contributed by atoms with Crippen LogP contribution in [0.5, 0.6) is 0 Å². The Hall–Kier alpha value is -3.06. The predicted octanol–water partition coefficient (Wildman–Crippen LogP) is 2.79. The number of pyridine rings is 2. The first-order chi connectivity index (χ1) is 14.8. The molecule has 0 saturated carbocycles. The van der Waals surface area contributed by atoms with E-state index in [0.29, 0.717) is 6.54 Å². The van der Waals surface area contributed by atoms with Crippen LogP contribution in [-0.4, -0.2) is 58.1 Å². The molecule has 0 atom stereocenters. The predicted molar refractivity (Wildman–Crippen MR) is 119 cm³/mol. The third-order valence-corrected chi connectivity index (χ3v) is 5.95. The summed E-state index contributed by atoms with van der Waals surface area (Å²) in [6, 6.07) is 8.23. The van der Waals surface area contributed by atoms with E-state index in [-0.39, 0.29) is 0 Å². The fraction of sp³-hybridized carbons (Fsp3) is 0.391. The molecule has 1 aliphatic heterocycles. The van der Waals surface area contributed by atoms with Crippen LogP contribution in [0.4, 0.5) is 11.6 Å². The van der Waals surface area contributed by atoms with Crippen LogP contribution < -0.4 is 10.2 Å². The number of anilines is 2. The molecule has 1 aliphatic carbocycles. The Morgan fingerprint density at radius 1 is 1.00 bits per heavy atom. The van der Waals surface area contributed by atoms with Crippen molar-refractivity contribution in [2.75, 3.05) is 43.4 Å². The second kappa shape index (κ2) is 8.36. The standard InChI is InChI=1S/C23H27N7/c1-29-10-12-30(13-11-29)21-8-7-17(14-25-21)15-26-23-19-5-2-6-20(19)27-22(28-23)18-4-3-9-24-16-18/h3-4,7-9,14,16H,2,5-6,10-13,15H2,1H3,(H,26,27,28). The van der Waals surface area contributed by atoms with Gasteiger partial charge in [0.2, 0.25) is 0 Å². The fourth-order valence-corrected chi connectivity index (χ4v) is 4.13. The van der Waals surface area contributed by atoms with Gasteiger partial charge in [-0.25, -0.2) is 15.0 Å². The SMILES string of the molecule is CN1CCN(c2ccc(CNc3nc(-c4cccnc4)nc4c3CCC4)cn2)CC1. The van der Waals surface area contributed by atoms with Crippen LogP contribution in [-0.2, 0) is 19.4 Å². The molecule has 3 aromatic rings. The Kier molecular flexibility index (Phi) is 5.27. The summed E-state index contributed by atoms with van der Waals surface area (Å²) < 4.78 is 0. The molecule has 7 nitrogen and oxygen atoms in total. The van der Waals surface area contributed by atoms with Gasteiger partial charge in [0.1, 0.15) is 11.6 Å². The van der Waals surface area contributed by atoms with Crippen molar-refractivity contribution in [3.05, 3.63) is 59.7 Å². The fourth-order valence-electron chi connectivity index (χ4n) is 4.13. The zero-order valence-corrected chi connectivity index (χ0v) is 17.4. The van der Waals surface area contributed by atoms with Gasteiger partial charge in [-0.1, -0.05) is 6.07 Å². The number of fused-ring (bicyclic) bond motifs is 1. The number of piperazine rings is 1. The lowest BCUT2D eigenvalue weighted by Crippen LogP contribution is -2.44. The van der Waals surface area contributed by atoms with Gasteiger partial charge in [-0.15, -0.1) is 0 Å². The number of rotatable bonds is 5. The first-order valence-corrected chi connectivity index (χ1v) is 10.7. The van der Waals surface area contributed by atoms with E-state index in [9.17, 15) is 0 Å². The summed E-state index contributed by atoms with van der Waals surface area (Å²) in [6.07, 6.45) is 8.75. The molecule has 7 heteroatoms. The maximum absolute atomic E-state index is 4.83. The molecule has 2 aliphatic rings. The summed E-state index contributed by atoms with van der Waals surface area (Å²) in [5, 5.41) is 3.54. The lowest BCUT2D eigenvalue weighted by atomic mass is 10.2. The van der Waals surface area contributed by atoms with Gasteiger partial charge in [-0.3, -0.25) is 4.98 Å². The van der Waals surface area contributed by atoms with Crippen LogP contribution in [0.1, 0.15) is 23.2 Å². The molecule has 0 spiro atoms. The van der Waals surface area contributed by atoms with E-state index < -0.39 is 0 Å². The van der Waals surface area contributed by atoms with Crippen molar-refractivity contribution in [3.8, 4) is 11.4 Å². The number of aromatic nitrogens is 4. The molecule has 0 bridgehead atoms. The van der Waals surface area contributed by atoms with Gasteiger partial charge in [-0.2, -0.15) is 0 Å². The van der Waals surface area contributed by atoms with Gasteiger partial charge >= 0.3 is 0 Å². The summed E-state index contributed by atoms with van der Waals surface area (Å²) >= 11 is 0. The average molecular weight is 402 g/mol. The summed E-state index contributed by atoms with van der Waals surface area (Å²) in [5.74, 6) is 2.75. The minimum atomic E-state index is 0.700. The quantitative estimate of drug-likeness (QED) is 0.705. The van der Waals surface area contributed by atoms with E-state index in [2.05, 4.69) is 39.3 Å². The highest BCUT2D eigenvalue weighted by atomic mass is 15.3. The van der Waals surface area contributed by atoms with Gasteiger partial charge in [0.15, 0.2) is 5.82 Å². The van der Waals surface area contributed by atoms with Gasteiger partial charge in [0.25, 0.3) is 0 Å². The number of likely N-dealkylation sites (N-methyl/N-ethyl adjacent to an activating group) is 1. The molecule has 0 radical (unpaired) electrons. The number of nitrogens with zero attached hydrogens (tertiary/aromatic N) is 6. The summed E-state index contributed by atoms with van der Waals surface area (Å²) in [7, 11) is 2.17. The molecule has 0 amide bonds. The second-order valence-electron chi connectivity index (χ2n) is 8.08. The van der Waals surface area contributed by atoms with Crippen LogP contribution in [0.3, 0.4) is 0 Å². The lowest BCUT2D eigenvalue weighted by Gasteiger charge is -2.33. The van der Waals surface area contributed by atoms with Crippen molar-refractivity contribution in [1.29, 1.82) is 0 Å². The second-order valence-corrected chi connectivity index (χ2v) is 8.08. The minimum absolute atomic E-state index is 0.700. The van der Waals surface area contributed by atoms with Crippen molar-refractivity contribution in [2.45, 2.75) is 25.8 Å². The highest BCUT2D eigenvalue weighted by Crippen LogP contribution is 2.29. The van der Waals surface area contributed by atoms with Gasteiger partial charge in [0.05, 0.1) is 0 Å². The maximum Gasteiger partial charge on any atom is 0.163 e. The molecule has 154 valence electrons. The summed E-state index contributed by atoms with van der Waals surface area (Å²) in [4.78, 5) is 23.3. The molecule has 30 heavy (non-hydrogen) atoms. The molecule has 1 fully saturated rings. The van der Waals surface area contributed by atoms with Crippen molar-refractivity contribution >= 4 is 11.6 Å². The molecule has 4 heterocycles. The largest absolute Gasteiger partial charge is 0.366 e. The maximum atomic E-state index is 4.83. The Morgan fingerprint density at radius 3 is 2.67 bits per heavy atom. The van der Waals surface area contributed by atoms with Crippen molar-refractivity contribution in [1.82, 2.24) is 24.8 Å². The molecular weight excluding hydrogens is 374 g/mol. The van der Waals surface area contributed by atoms with E-state index in [0.717, 1.165) is 79.7 Å². The van der Waals surface area contributed by atoms with E-state index in [1.54, 1.807) is 6.20 Å². The van der Waals surface area contributed by atoms with Crippen LogP contribution >= 0.6 is 0 Å². The van der Waals surface area contributed by atoms with Crippen LogP contribution in [0, 0.1) is 0 Å². The number of aryl methyl sites for hydroxylation is 1. The first-order valence-electron chi connectivity index (χ1n) is 10.7. The monoisotopic (exact) mass is 401 g/mol. The molecule has 0 aromatic carbocycles. The van der Waals surface area contributed by atoms with E-state index in [1.165, 1.54) is 5.56 Å². The third kappa shape index (κ3) is 3.98. The molecular formula is C23H27N7. The molecule has 0 unspecified atom stereocenters. The number of hydrogen-bond donors (Lipinski definition) is 1. The van der Waals surface area contributed by atoms with Crippen molar-refractivity contribution in [2.24, 2.45) is 0 Å². The van der Waals surface area contributed by atoms with E-state index in [1.807, 2.05) is 24.5 Å². The van der Waals surface area contributed by atoms with Gasteiger partial charge < -0.3 is 15.1 Å². The smallest absolute Gasteiger partial charge is 0.163 e. The summed E-state index contributed by atoms with van der Waals surface area (Å²) in [5.41, 5.74) is 4.52. The third-order valence-electron chi connectivity index (χ3n) is 5.95. The van der Waals surface area contributed by atoms with Gasteiger partial charge in [-0.05, 0) is 50.1 Å². The van der Waals surface area contributed by atoms with Crippen LogP contribution in [0.15, 0.2) is 42.9 Å². The topological polar surface area (TPSA) is 70.1 Å². The minimum Gasteiger partial charge on any atom is -0.366 e. The zero-order chi connectivity index (χ0) is 20.3. The Bertz CT molecular complexity index is 996. The van der Waals surface area contributed by atoms with E-state index in [4.69, 9.17) is 15.0 Å². The average Bonchev–Trinajstić information content (AvgIpc) is 3.28. The highest BCUT2D eigenvalue weighted by Gasteiger charge is 2.20. The molecule has 1 saturated heterocycles. The summed E-state index contributed by atoms with van der Waals surface area (Å²) in [6.45, 7) is 4.94.